The third kappa shape index (κ3) is 4.26. The number of anilines is 1. The van der Waals surface area contributed by atoms with E-state index < -0.39 is 0 Å². The topological polar surface area (TPSA) is 67.2 Å². The van der Waals surface area contributed by atoms with Crippen molar-refractivity contribution in [2.75, 3.05) is 18.0 Å². The number of hydrogen-bond donors (Lipinski definition) is 1. The zero-order chi connectivity index (χ0) is 17.6. The third-order valence-corrected chi connectivity index (χ3v) is 4.56. The van der Waals surface area contributed by atoms with Gasteiger partial charge >= 0.3 is 0 Å². The van der Waals surface area contributed by atoms with E-state index in [4.69, 9.17) is 0 Å². The molecule has 0 aliphatic carbocycles. The molecule has 2 amide bonds. The molecule has 6 nitrogen and oxygen atoms in total. The molecule has 1 aromatic carbocycles. The van der Waals surface area contributed by atoms with Crippen LogP contribution in [-0.2, 0) is 22.6 Å². The lowest BCUT2D eigenvalue weighted by atomic mass is 10.1. The van der Waals surface area contributed by atoms with Gasteiger partial charge in [0, 0.05) is 62.9 Å². The zero-order valence-corrected chi connectivity index (χ0v) is 14.5. The Bertz CT molecular complexity index is 726. The van der Waals surface area contributed by atoms with Crippen LogP contribution in [0.1, 0.15) is 25.6 Å². The second kappa shape index (κ2) is 7.96. The van der Waals surface area contributed by atoms with Crippen molar-refractivity contribution in [3.63, 3.8) is 0 Å². The Morgan fingerprint density at radius 2 is 2.12 bits per heavy atom. The minimum atomic E-state index is 0.0152. The fraction of sp³-hybridized carbons (Fsp3) is 0.421. The number of carbonyl (C=O) groups is 2. The van der Waals surface area contributed by atoms with E-state index in [0.717, 1.165) is 17.9 Å². The number of nitrogens with one attached hydrogen (secondary N) is 1. The van der Waals surface area contributed by atoms with Crippen LogP contribution < -0.4 is 10.2 Å². The number of para-hydroxylation sites is 1. The SMILES string of the molecule is CCc1nccn1CCC(=O)NC[C@@H]1CC(=O)N(c2ccccc2)C1. The van der Waals surface area contributed by atoms with E-state index >= 15 is 0 Å². The summed E-state index contributed by atoms with van der Waals surface area (Å²) in [6, 6.07) is 9.67. The number of aryl methyl sites for hydroxylation is 2. The molecule has 6 heteroatoms. The molecule has 2 aromatic rings. The van der Waals surface area contributed by atoms with Crippen molar-refractivity contribution in [3.8, 4) is 0 Å². The summed E-state index contributed by atoms with van der Waals surface area (Å²) in [7, 11) is 0. The summed E-state index contributed by atoms with van der Waals surface area (Å²) in [5, 5.41) is 2.97. The van der Waals surface area contributed by atoms with Crippen LogP contribution in [0.15, 0.2) is 42.7 Å². The molecule has 0 unspecified atom stereocenters. The summed E-state index contributed by atoms with van der Waals surface area (Å²) in [5.41, 5.74) is 0.925. The number of benzene rings is 1. The number of imidazole rings is 1. The number of carbonyl (C=O) groups excluding carboxylic acids is 2. The molecule has 1 aromatic heterocycles. The van der Waals surface area contributed by atoms with Crippen molar-refractivity contribution in [1.29, 1.82) is 0 Å². The van der Waals surface area contributed by atoms with Crippen LogP contribution in [0.25, 0.3) is 0 Å². The molecule has 3 rings (SSSR count). The summed E-state index contributed by atoms with van der Waals surface area (Å²) < 4.78 is 2.01. The molecule has 1 aliphatic rings. The van der Waals surface area contributed by atoms with E-state index in [-0.39, 0.29) is 17.7 Å². The van der Waals surface area contributed by atoms with Gasteiger partial charge in [0.15, 0.2) is 0 Å². The Labute approximate surface area is 147 Å². The largest absolute Gasteiger partial charge is 0.356 e. The molecular formula is C19H24N4O2. The van der Waals surface area contributed by atoms with Crippen LogP contribution in [0, 0.1) is 5.92 Å². The average molecular weight is 340 g/mol. The summed E-state index contributed by atoms with van der Waals surface area (Å²) in [4.78, 5) is 30.3. The first-order valence-electron chi connectivity index (χ1n) is 8.79. The van der Waals surface area contributed by atoms with Crippen molar-refractivity contribution >= 4 is 17.5 Å². The highest BCUT2D eigenvalue weighted by atomic mass is 16.2. The van der Waals surface area contributed by atoms with E-state index in [1.807, 2.05) is 41.1 Å². The van der Waals surface area contributed by atoms with Gasteiger partial charge < -0.3 is 14.8 Å². The summed E-state index contributed by atoms with van der Waals surface area (Å²) in [6.45, 7) is 3.88. The van der Waals surface area contributed by atoms with Crippen LogP contribution in [0.2, 0.25) is 0 Å². The third-order valence-electron chi connectivity index (χ3n) is 4.56. The van der Waals surface area contributed by atoms with Gasteiger partial charge in [-0.05, 0) is 12.1 Å². The molecule has 0 spiro atoms. The minimum absolute atomic E-state index is 0.0152. The summed E-state index contributed by atoms with van der Waals surface area (Å²) >= 11 is 0. The first-order valence-corrected chi connectivity index (χ1v) is 8.79. The maximum atomic E-state index is 12.2. The van der Waals surface area contributed by atoms with Gasteiger partial charge in [-0.1, -0.05) is 25.1 Å². The second-order valence-corrected chi connectivity index (χ2v) is 6.35. The maximum Gasteiger partial charge on any atom is 0.227 e. The first kappa shape index (κ1) is 17.2. The number of aromatic nitrogens is 2. The van der Waals surface area contributed by atoms with Gasteiger partial charge in [-0.3, -0.25) is 9.59 Å². The Morgan fingerprint density at radius 3 is 2.88 bits per heavy atom. The predicted molar refractivity (Wildman–Crippen MR) is 96.1 cm³/mol. The standard InChI is InChI=1S/C19H24N4O2/c1-2-17-20-9-11-22(17)10-8-18(24)21-13-15-12-19(25)23(14-15)16-6-4-3-5-7-16/h3-7,9,11,15H,2,8,10,12-14H2,1H3,(H,21,24)/t15-/m0/s1. The smallest absolute Gasteiger partial charge is 0.227 e. The van der Waals surface area contributed by atoms with Crippen molar-refractivity contribution < 1.29 is 9.59 Å². The van der Waals surface area contributed by atoms with Gasteiger partial charge in [0.1, 0.15) is 5.82 Å². The number of nitrogens with zero attached hydrogens (tertiary/aromatic N) is 3. The second-order valence-electron chi connectivity index (χ2n) is 6.35. The van der Waals surface area contributed by atoms with Gasteiger partial charge in [-0.25, -0.2) is 4.98 Å². The molecular weight excluding hydrogens is 316 g/mol. The lowest BCUT2D eigenvalue weighted by molar-refractivity contribution is -0.122. The normalized spacial score (nSPS) is 17.1. The van der Waals surface area contributed by atoms with Crippen LogP contribution in [0.3, 0.4) is 0 Å². The van der Waals surface area contributed by atoms with E-state index in [1.54, 1.807) is 11.1 Å². The van der Waals surface area contributed by atoms with E-state index in [2.05, 4.69) is 17.2 Å². The predicted octanol–water partition coefficient (Wildman–Crippen LogP) is 2.00. The molecule has 2 heterocycles. The average Bonchev–Trinajstić information content (AvgIpc) is 3.24. The van der Waals surface area contributed by atoms with E-state index in [1.165, 1.54) is 0 Å². The van der Waals surface area contributed by atoms with Gasteiger partial charge in [0.2, 0.25) is 11.8 Å². The highest BCUT2D eigenvalue weighted by Gasteiger charge is 2.30. The molecule has 1 aliphatic heterocycles. The summed E-state index contributed by atoms with van der Waals surface area (Å²) in [5.74, 6) is 1.29. The van der Waals surface area contributed by atoms with Crippen molar-refractivity contribution in [1.82, 2.24) is 14.9 Å². The lowest BCUT2D eigenvalue weighted by Crippen LogP contribution is -2.31. The Kier molecular flexibility index (Phi) is 5.48. The van der Waals surface area contributed by atoms with Gasteiger partial charge in [-0.15, -0.1) is 0 Å². The molecule has 1 N–H and O–H groups in total. The molecule has 0 saturated carbocycles. The van der Waals surface area contributed by atoms with E-state index in [9.17, 15) is 9.59 Å². The minimum Gasteiger partial charge on any atom is -0.356 e. The van der Waals surface area contributed by atoms with E-state index in [0.29, 0.717) is 32.5 Å². The Hall–Kier alpha value is -2.63. The summed E-state index contributed by atoms with van der Waals surface area (Å²) in [6.07, 6.45) is 5.43. The Morgan fingerprint density at radius 1 is 1.32 bits per heavy atom. The quantitative estimate of drug-likeness (QED) is 0.838. The molecule has 1 saturated heterocycles. The van der Waals surface area contributed by atoms with Crippen molar-refractivity contribution in [2.24, 2.45) is 5.92 Å². The fourth-order valence-corrected chi connectivity index (χ4v) is 3.20. The lowest BCUT2D eigenvalue weighted by Gasteiger charge is -2.17. The molecule has 0 bridgehead atoms. The van der Waals surface area contributed by atoms with Crippen LogP contribution >= 0.6 is 0 Å². The highest BCUT2D eigenvalue weighted by Crippen LogP contribution is 2.24. The first-order chi connectivity index (χ1) is 12.2. The molecule has 25 heavy (non-hydrogen) atoms. The molecule has 1 fully saturated rings. The fourth-order valence-electron chi connectivity index (χ4n) is 3.20. The van der Waals surface area contributed by atoms with Gasteiger partial charge in [0.05, 0.1) is 0 Å². The number of rotatable bonds is 7. The zero-order valence-electron chi connectivity index (χ0n) is 14.5. The van der Waals surface area contributed by atoms with Crippen LogP contribution in [-0.4, -0.2) is 34.5 Å². The van der Waals surface area contributed by atoms with Crippen LogP contribution in [0.4, 0.5) is 5.69 Å². The van der Waals surface area contributed by atoms with Crippen molar-refractivity contribution in [2.45, 2.75) is 32.7 Å². The van der Waals surface area contributed by atoms with Crippen molar-refractivity contribution in [3.05, 3.63) is 48.5 Å². The number of hydrogen-bond acceptors (Lipinski definition) is 3. The molecule has 0 radical (unpaired) electrons. The highest BCUT2D eigenvalue weighted by molar-refractivity contribution is 5.95. The van der Waals surface area contributed by atoms with Gasteiger partial charge in [-0.2, -0.15) is 0 Å². The van der Waals surface area contributed by atoms with Crippen LogP contribution in [0.5, 0.6) is 0 Å². The molecule has 132 valence electrons. The monoisotopic (exact) mass is 340 g/mol. The Balaban J connectivity index is 1.44. The molecule has 1 atom stereocenters. The number of amides is 2. The maximum absolute atomic E-state index is 12.2. The van der Waals surface area contributed by atoms with Gasteiger partial charge in [0.25, 0.3) is 0 Å².